The van der Waals surface area contributed by atoms with Crippen LogP contribution in [-0.4, -0.2) is 76.4 Å². The highest BCUT2D eigenvalue weighted by Crippen LogP contribution is 2.45. The average Bonchev–Trinajstić information content (AvgIpc) is 3.85. The van der Waals surface area contributed by atoms with Gasteiger partial charge in [-0.3, -0.25) is 19.0 Å². The molecule has 0 spiro atoms. The van der Waals surface area contributed by atoms with E-state index in [-0.39, 0.29) is 29.2 Å². The van der Waals surface area contributed by atoms with Crippen LogP contribution in [0.25, 0.3) is 21.8 Å². The number of nitrogens with zero attached hydrogens (tertiary/aromatic N) is 1. The number of hydrogen-bond donors (Lipinski definition) is 6. The minimum absolute atomic E-state index is 0.121. The second-order valence-electron chi connectivity index (χ2n) is 15.1. The fourth-order valence-corrected chi connectivity index (χ4v) is 8.13. The number of amides is 2. The number of benzene rings is 3. The van der Waals surface area contributed by atoms with Crippen molar-refractivity contribution in [2.24, 2.45) is 5.73 Å². The van der Waals surface area contributed by atoms with Crippen molar-refractivity contribution in [2.45, 2.75) is 110 Å². The molecular formula is C46H66ClN6O6P. The van der Waals surface area contributed by atoms with Crippen LogP contribution in [0, 0.1) is 0 Å². The fourth-order valence-electron chi connectivity index (χ4n) is 7.08. The molecule has 0 aliphatic carbocycles. The molecular weight excluding hydrogens is 799 g/mol. The Morgan fingerprint density at radius 3 is 2.05 bits per heavy atom. The normalized spacial score (nSPS) is 13.4. The predicted octanol–water partition coefficient (Wildman–Crippen LogP) is 9.46. The number of phosphoric ester groups is 1. The van der Waals surface area contributed by atoms with Gasteiger partial charge in [-0.25, -0.2) is 4.57 Å². The number of H-pyrrole nitrogens is 2. The molecule has 1 unspecified atom stereocenters. The third-order valence-corrected chi connectivity index (χ3v) is 11.9. The van der Waals surface area contributed by atoms with Crippen molar-refractivity contribution in [3.63, 3.8) is 0 Å². The summed E-state index contributed by atoms with van der Waals surface area (Å²) < 4.78 is 22.3. The molecule has 0 aliphatic heterocycles. The second kappa shape index (κ2) is 26.2. The topological polar surface area (TPSA) is 175 Å². The van der Waals surface area contributed by atoms with Crippen molar-refractivity contribution in [2.75, 3.05) is 32.8 Å². The van der Waals surface area contributed by atoms with Gasteiger partial charge in [-0.1, -0.05) is 132 Å². The lowest BCUT2D eigenvalue weighted by Crippen LogP contribution is -2.53. The standard InChI is InChI=1S/C40H51ClN5O6P.C6H15N/c41-33-19-11-14-22-38(33)52-53(49,50)51-24-16-8-6-4-2-1-3-5-7-15-23-43-40(48)37(26-30-28-44-36-21-13-10-18-32(30)36)46-39(47)34(42)27-31-25-29-17-9-12-20-35(29)45-31;1-4-7(5-2)6-3/h9-14,17-22,25,28,34,37,44-45H,1-8,15-16,23-24,26-27,42H2,(H,43,48)(H,46,47)(H,49,50);4-6H2,1-3H3/t34-,37-;/m0./s1. The zero-order valence-electron chi connectivity index (χ0n) is 35.6. The number of phosphoric acid groups is 1. The van der Waals surface area contributed by atoms with Crippen LogP contribution in [0.3, 0.4) is 0 Å². The van der Waals surface area contributed by atoms with Crippen LogP contribution in [0.5, 0.6) is 5.75 Å². The summed E-state index contributed by atoms with van der Waals surface area (Å²) in [5.74, 6) is -0.468. The van der Waals surface area contributed by atoms with Crippen LogP contribution in [0.1, 0.15) is 96.2 Å². The van der Waals surface area contributed by atoms with Crippen molar-refractivity contribution in [1.29, 1.82) is 0 Å². The summed E-state index contributed by atoms with van der Waals surface area (Å²) >= 11 is 5.98. The Balaban J connectivity index is 0.00000104. The largest absolute Gasteiger partial charge is 0.527 e. The molecule has 5 rings (SSSR count). The Kier molecular flexibility index (Phi) is 21.2. The number of hydrogen-bond acceptors (Lipinski definition) is 7. The molecule has 2 amide bonds. The molecule has 14 heteroatoms. The number of para-hydroxylation sites is 3. The Hall–Kier alpha value is -4.16. The molecule has 3 aromatic carbocycles. The molecule has 5 aromatic rings. The lowest BCUT2D eigenvalue weighted by atomic mass is 10.0. The summed E-state index contributed by atoms with van der Waals surface area (Å²) in [4.78, 5) is 45.6. The molecule has 0 saturated heterocycles. The second-order valence-corrected chi connectivity index (χ2v) is 16.9. The van der Waals surface area contributed by atoms with Gasteiger partial charge in [0.1, 0.15) is 11.8 Å². The van der Waals surface area contributed by atoms with Crippen LogP contribution in [0.4, 0.5) is 0 Å². The maximum Gasteiger partial charge on any atom is 0.527 e. The third kappa shape index (κ3) is 16.7. The number of unbranched alkanes of at least 4 members (excludes halogenated alkanes) is 9. The summed E-state index contributed by atoms with van der Waals surface area (Å²) in [6.45, 7) is 10.8. The summed E-state index contributed by atoms with van der Waals surface area (Å²) in [5, 5.41) is 8.32. The highest BCUT2D eigenvalue weighted by molar-refractivity contribution is 7.47. The monoisotopic (exact) mass is 864 g/mol. The Morgan fingerprint density at radius 2 is 1.40 bits per heavy atom. The molecule has 328 valence electrons. The van der Waals surface area contributed by atoms with E-state index in [1.165, 1.54) is 25.7 Å². The molecule has 7 N–H and O–H groups in total. The van der Waals surface area contributed by atoms with Crippen molar-refractivity contribution < 1.29 is 28.1 Å². The minimum Gasteiger partial charge on any atom is -0.403 e. The van der Waals surface area contributed by atoms with Crippen molar-refractivity contribution in [3.8, 4) is 5.75 Å². The van der Waals surface area contributed by atoms with Gasteiger partial charge in [-0.15, -0.1) is 0 Å². The minimum atomic E-state index is -4.21. The van der Waals surface area contributed by atoms with Crippen LogP contribution in [0.15, 0.2) is 85.1 Å². The summed E-state index contributed by atoms with van der Waals surface area (Å²) in [7, 11) is -4.21. The SMILES string of the molecule is CCN(CC)CC.N[C@@H](Cc1cc2ccccc2[nH]1)C(=O)N[C@@H](Cc1c[nH]c2ccccc12)C(=O)NCCCCCCCCCCCCOP(=O)(O)Oc1ccccc1Cl. The van der Waals surface area contributed by atoms with Gasteiger partial charge in [0.15, 0.2) is 0 Å². The molecule has 0 radical (unpaired) electrons. The Morgan fingerprint density at radius 1 is 0.800 bits per heavy atom. The first-order valence-electron chi connectivity index (χ1n) is 21.6. The molecule has 2 heterocycles. The van der Waals surface area contributed by atoms with Gasteiger partial charge in [-0.05, 0) is 73.8 Å². The molecule has 2 aromatic heterocycles. The van der Waals surface area contributed by atoms with Gasteiger partial charge in [0.2, 0.25) is 11.8 Å². The lowest BCUT2D eigenvalue weighted by Gasteiger charge is -2.21. The van der Waals surface area contributed by atoms with E-state index in [1.807, 2.05) is 60.8 Å². The number of nitrogens with two attached hydrogens (primary N) is 1. The molecule has 3 atom stereocenters. The van der Waals surface area contributed by atoms with Gasteiger partial charge in [0, 0.05) is 47.7 Å². The van der Waals surface area contributed by atoms with Crippen LogP contribution < -0.4 is 20.9 Å². The van der Waals surface area contributed by atoms with Crippen LogP contribution >= 0.6 is 19.4 Å². The maximum atomic E-state index is 13.4. The third-order valence-electron chi connectivity index (χ3n) is 10.6. The average molecular weight is 865 g/mol. The zero-order valence-corrected chi connectivity index (χ0v) is 37.2. The first kappa shape index (κ1) is 48.5. The number of aromatic amines is 2. The smallest absolute Gasteiger partial charge is 0.403 e. The van der Waals surface area contributed by atoms with Gasteiger partial charge >= 0.3 is 7.82 Å². The molecule has 0 fully saturated rings. The van der Waals surface area contributed by atoms with Crippen LogP contribution in [0.2, 0.25) is 5.02 Å². The van der Waals surface area contributed by atoms with E-state index in [1.54, 1.807) is 18.2 Å². The molecule has 0 bridgehead atoms. The number of halogens is 1. The number of rotatable bonds is 26. The summed E-state index contributed by atoms with van der Waals surface area (Å²) in [5.41, 5.74) is 10.1. The highest BCUT2D eigenvalue weighted by Gasteiger charge is 2.26. The van der Waals surface area contributed by atoms with Crippen LogP contribution in [-0.2, 0) is 31.5 Å². The van der Waals surface area contributed by atoms with Crippen molar-refractivity contribution >= 4 is 53.0 Å². The number of carbonyl (C=O) groups excluding carboxylic acids is 2. The van der Waals surface area contributed by atoms with Gasteiger partial charge in [0.05, 0.1) is 17.7 Å². The van der Waals surface area contributed by atoms with E-state index >= 15 is 0 Å². The number of fused-ring (bicyclic) bond motifs is 2. The zero-order chi connectivity index (χ0) is 43.2. The first-order chi connectivity index (χ1) is 29.0. The highest BCUT2D eigenvalue weighted by atomic mass is 35.5. The fraction of sp³-hybridized carbons (Fsp3) is 0.478. The summed E-state index contributed by atoms with van der Waals surface area (Å²) in [6, 6.07) is 22.7. The van der Waals surface area contributed by atoms with E-state index < -0.39 is 19.9 Å². The number of nitrogens with one attached hydrogen (secondary N) is 4. The van der Waals surface area contributed by atoms with E-state index in [0.29, 0.717) is 25.8 Å². The number of carbonyl (C=O) groups is 2. The van der Waals surface area contributed by atoms with Crippen molar-refractivity contribution in [1.82, 2.24) is 25.5 Å². The number of aromatic nitrogens is 2. The van der Waals surface area contributed by atoms with Crippen molar-refractivity contribution in [3.05, 3.63) is 101 Å². The van der Waals surface area contributed by atoms with Gasteiger partial charge in [-0.2, -0.15) is 0 Å². The lowest BCUT2D eigenvalue weighted by molar-refractivity contribution is -0.129. The first-order valence-corrected chi connectivity index (χ1v) is 23.5. The molecule has 0 aliphatic rings. The van der Waals surface area contributed by atoms with Gasteiger partial charge < -0.3 is 35.8 Å². The van der Waals surface area contributed by atoms with E-state index in [2.05, 4.69) is 46.3 Å². The molecule has 12 nitrogen and oxygen atoms in total. The Bertz CT molecular complexity index is 2030. The van der Waals surface area contributed by atoms with E-state index in [4.69, 9.17) is 26.4 Å². The maximum absolute atomic E-state index is 13.4. The Labute approximate surface area is 360 Å². The predicted molar refractivity (Wildman–Crippen MR) is 244 cm³/mol. The quantitative estimate of drug-likeness (QED) is 0.0236. The van der Waals surface area contributed by atoms with Gasteiger partial charge in [0.25, 0.3) is 0 Å². The van der Waals surface area contributed by atoms with E-state index in [9.17, 15) is 19.0 Å². The summed E-state index contributed by atoms with van der Waals surface area (Å²) in [6.07, 6.45) is 12.6. The molecule has 0 saturated carbocycles. The van der Waals surface area contributed by atoms with E-state index in [0.717, 1.165) is 90.9 Å². The molecule has 60 heavy (non-hydrogen) atoms.